The fourth-order valence-electron chi connectivity index (χ4n) is 2.66. The Morgan fingerprint density at radius 2 is 2.12 bits per heavy atom. The summed E-state index contributed by atoms with van der Waals surface area (Å²) in [5.74, 6) is -0.579. The van der Waals surface area contributed by atoms with Crippen LogP contribution in [0.1, 0.15) is 20.1 Å². The number of aliphatic hydroxyl groups excluding tert-OH is 2. The predicted molar refractivity (Wildman–Crippen MR) is 88.0 cm³/mol. The number of ether oxygens (including phenoxy) is 3. The van der Waals surface area contributed by atoms with E-state index in [2.05, 4.69) is 15.0 Å². The van der Waals surface area contributed by atoms with E-state index in [-0.39, 0.29) is 30.0 Å². The van der Waals surface area contributed by atoms with E-state index in [0.29, 0.717) is 5.52 Å². The second-order valence-corrected chi connectivity index (χ2v) is 6.25. The quantitative estimate of drug-likeness (QED) is 0.574. The molecule has 11 heteroatoms. The van der Waals surface area contributed by atoms with Gasteiger partial charge in [-0.2, -0.15) is 9.97 Å². The van der Waals surface area contributed by atoms with Crippen LogP contribution in [0.4, 0.5) is 5.95 Å². The number of hydrogen-bond donors (Lipinski definition) is 3. The summed E-state index contributed by atoms with van der Waals surface area (Å²) in [6, 6.07) is 0. The molecule has 0 radical (unpaired) electrons. The first kappa shape index (κ1) is 18.3. The summed E-state index contributed by atoms with van der Waals surface area (Å²) in [6.45, 7) is 3.21. The van der Waals surface area contributed by atoms with Crippen molar-refractivity contribution in [2.75, 3.05) is 19.5 Å². The maximum absolute atomic E-state index is 11.6. The molecule has 1 aliphatic rings. The molecule has 0 bridgehead atoms. The highest BCUT2D eigenvalue weighted by Crippen LogP contribution is 2.33. The lowest BCUT2D eigenvalue weighted by Crippen LogP contribution is -2.34. The zero-order valence-electron chi connectivity index (χ0n) is 14.6. The van der Waals surface area contributed by atoms with Crippen LogP contribution in [0.25, 0.3) is 11.2 Å². The van der Waals surface area contributed by atoms with Gasteiger partial charge in [-0.15, -0.1) is 0 Å². The van der Waals surface area contributed by atoms with Gasteiger partial charge in [0, 0.05) is 0 Å². The van der Waals surface area contributed by atoms with Gasteiger partial charge in [0.2, 0.25) is 11.8 Å². The second-order valence-electron chi connectivity index (χ2n) is 6.25. The van der Waals surface area contributed by atoms with Gasteiger partial charge in [0.25, 0.3) is 0 Å². The van der Waals surface area contributed by atoms with Crippen LogP contribution >= 0.6 is 0 Å². The Labute approximate surface area is 148 Å². The zero-order chi connectivity index (χ0) is 19.0. The third kappa shape index (κ3) is 3.16. The van der Waals surface area contributed by atoms with Crippen LogP contribution in [-0.2, 0) is 14.3 Å². The van der Waals surface area contributed by atoms with Gasteiger partial charge in [-0.3, -0.25) is 9.36 Å². The van der Waals surface area contributed by atoms with E-state index in [4.69, 9.17) is 19.9 Å². The van der Waals surface area contributed by atoms with Crippen molar-refractivity contribution in [3.8, 4) is 5.88 Å². The van der Waals surface area contributed by atoms with Gasteiger partial charge in [0.15, 0.2) is 17.4 Å². The second kappa shape index (κ2) is 7.02. The molecule has 0 amide bonds. The lowest BCUT2D eigenvalue weighted by atomic mass is 10.1. The number of hydrogen-bond acceptors (Lipinski definition) is 10. The van der Waals surface area contributed by atoms with Crippen LogP contribution in [-0.4, -0.2) is 67.7 Å². The molecule has 2 aromatic heterocycles. The number of aliphatic hydroxyl groups is 2. The molecular formula is C15H21N5O6. The lowest BCUT2D eigenvalue weighted by molar-refractivity contribution is -0.153. The maximum Gasteiger partial charge on any atom is 0.308 e. The molecule has 1 aliphatic heterocycles. The van der Waals surface area contributed by atoms with Crippen LogP contribution in [0, 0.1) is 5.92 Å². The minimum absolute atomic E-state index is 0.0356. The number of esters is 1. The number of nitrogens with two attached hydrogens (primary N) is 1. The molecule has 0 aromatic carbocycles. The van der Waals surface area contributed by atoms with E-state index in [0.717, 1.165) is 0 Å². The monoisotopic (exact) mass is 367 g/mol. The molecule has 1 fully saturated rings. The Balaban J connectivity index is 1.85. The molecule has 26 heavy (non-hydrogen) atoms. The summed E-state index contributed by atoms with van der Waals surface area (Å²) < 4.78 is 17.3. The highest BCUT2D eigenvalue weighted by atomic mass is 16.6. The van der Waals surface area contributed by atoms with E-state index < -0.39 is 30.5 Å². The van der Waals surface area contributed by atoms with Crippen molar-refractivity contribution in [3.63, 3.8) is 0 Å². The van der Waals surface area contributed by atoms with Crippen molar-refractivity contribution in [1.29, 1.82) is 0 Å². The molecule has 0 saturated carbocycles. The first-order valence-electron chi connectivity index (χ1n) is 8.05. The van der Waals surface area contributed by atoms with Crippen molar-refractivity contribution >= 4 is 23.1 Å². The minimum atomic E-state index is -1.28. The number of imidazole rings is 1. The molecule has 4 N–H and O–H groups in total. The van der Waals surface area contributed by atoms with E-state index in [1.807, 2.05) is 0 Å². The topological polar surface area (TPSA) is 155 Å². The Morgan fingerprint density at radius 3 is 2.77 bits per heavy atom. The fourth-order valence-corrected chi connectivity index (χ4v) is 2.66. The van der Waals surface area contributed by atoms with Crippen molar-refractivity contribution in [2.24, 2.45) is 5.92 Å². The van der Waals surface area contributed by atoms with Crippen LogP contribution in [0.2, 0.25) is 0 Å². The number of nitrogens with zero attached hydrogens (tertiary/aromatic N) is 4. The van der Waals surface area contributed by atoms with Gasteiger partial charge in [-0.25, -0.2) is 4.98 Å². The summed E-state index contributed by atoms with van der Waals surface area (Å²) in [7, 11) is 1.42. The van der Waals surface area contributed by atoms with E-state index in [9.17, 15) is 15.0 Å². The van der Waals surface area contributed by atoms with Gasteiger partial charge in [-0.1, -0.05) is 13.8 Å². The molecule has 0 spiro atoms. The number of aromatic nitrogens is 4. The van der Waals surface area contributed by atoms with E-state index >= 15 is 0 Å². The van der Waals surface area contributed by atoms with Crippen molar-refractivity contribution in [2.45, 2.75) is 38.4 Å². The number of anilines is 1. The SMILES string of the molecule is COc1nc(N)nc2c1ncn2[C@@H]1O[C@H](COC(=O)C(C)C)[C@@H](O)[C@@H]1O. The summed E-state index contributed by atoms with van der Waals surface area (Å²) in [6.07, 6.45) is -3.03. The van der Waals surface area contributed by atoms with Gasteiger partial charge in [0.1, 0.15) is 24.9 Å². The largest absolute Gasteiger partial charge is 0.479 e. The molecule has 0 unspecified atom stereocenters. The summed E-state index contributed by atoms with van der Waals surface area (Å²) in [5, 5.41) is 20.6. The van der Waals surface area contributed by atoms with Crippen molar-refractivity contribution in [3.05, 3.63) is 6.33 Å². The Bertz CT molecular complexity index is 809. The molecule has 142 valence electrons. The number of carbonyl (C=O) groups excluding carboxylic acids is 1. The van der Waals surface area contributed by atoms with Gasteiger partial charge in [0.05, 0.1) is 19.4 Å². The summed E-state index contributed by atoms with van der Waals surface area (Å²) in [5.41, 5.74) is 6.29. The molecule has 3 heterocycles. The molecule has 1 saturated heterocycles. The Morgan fingerprint density at radius 1 is 1.38 bits per heavy atom. The molecule has 11 nitrogen and oxygen atoms in total. The third-order valence-electron chi connectivity index (χ3n) is 4.07. The molecule has 3 rings (SSSR count). The lowest BCUT2D eigenvalue weighted by Gasteiger charge is -2.16. The van der Waals surface area contributed by atoms with Crippen molar-refractivity contribution < 1.29 is 29.2 Å². The van der Waals surface area contributed by atoms with Crippen molar-refractivity contribution in [1.82, 2.24) is 19.5 Å². The fraction of sp³-hybridized carbons (Fsp3) is 0.600. The van der Waals surface area contributed by atoms with Gasteiger partial charge >= 0.3 is 5.97 Å². The van der Waals surface area contributed by atoms with Gasteiger partial charge in [-0.05, 0) is 0 Å². The Hall–Kier alpha value is -2.50. The van der Waals surface area contributed by atoms with E-state index in [1.54, 1.807) is 13.8 Å². The number of carbonyl (C=O) groups is 1. The van der Waals surface area contributed by atoms with Crippen LogP contribution in [0.3, 0.4) is 0 Å². The Kier molecular flexibility index (Phi) is 4.94. The third-order valence-corrected chi connectivity index (χ3v) is 4.07. The molecular weight excluding hydrogens is 346 g/mol. The first-order chi connectivity index (χ1) is 12.3. The van der Waals surface area contributed by atoms with Crippen LogP contribution in [0.15, 0.2) is 6.33 Å². The summed E-state index contributed by atoms with van der Waals surface area (Å²) >= 11 is 0. The van der Waals surface area contributed by atoms with Gasteiger partial charge < -0.3 is 30.2 Å². The van der Waals surface area contributed by atoms with Crippen LogP contribution in [0.5, 0.6) is 5.88 Å². The average molecular weight is 367 g/mol. The number of methoxy groups -OCH3 is 1. The maximum atomic E-state index is 11.6. The molecule has 2 aromatic rings. The number of rotatable bonds is 5. The minimum Gasteiger partial charge on any atom is -0.479 e. The normalized spacial score (nSPS) is 25.8. The smallest absolute Gasteiger partial charge is 0.308 e. The standard InChI is InChI=1S/C15H21N5O6/c1-6(2)14(23)25-4-7-9(21)10(22)13(26-7)20-5-17-8-11(20)18-15(16)19-12(8)24-3/h5-7,9-10,13,21-22H,4H2,1-3H3,(H2,16,18,19)/t7-,9-,10+,13-/m1/s1. The zero-order valence-corrected chi connectivity index (χ0v) is 14.6. The average Bonchev–Trinajstić information content (AvgIpc) is 3.14. The highest BCUT2D eigenvalue weighted by molar-refractivity contribution is 5.77. The number of nitrogen functional groups attached to an aromatic ring is 1. The first-order valence-corrected chi connectivity index (χ1v) is 8.05. The highest BCUT2D eigenvalue weighted by Gasteiger charge is 2.45. The molecule has 0 aliphatic carbocycles. The molecule has 4 atom stereocenters. The predicted octanol–water partition coefficient (Wildman–Crippen LogP) is -0.765. The number of fused-ring (bicyclic) bond motifs is 1. The van der Waals surface area contributed by atoms with E-state index in [1.165, 1.54) is 18.0 Å². The van der Waals surface area contributed by atoms with Crippen LogP contribution < -0.4 is 10.5 Å². The summed E-state index contributed by atoms with van der Waals surface area (Å²) in [4.78, 5) is 23.8.